The van der Waals surface area contributed by atoms with Crippen molar-refractivity contribution in [2.75, 3.05) is 39.4 Å². The van der Waals surface area contributed by atoms with Gasteiger partial charge in [0, 0.05) is 16.8 Å². The van der Waals surface area contributed by atoms with E-state index in [0.29, 0.717) is 41.5 Å². The van der Waals surface area contributed by atoms with E-state index >= 15 is 0 Å². The standard InChI is InChI=1S/C22H24NO8P/c1-27-19-10-16-17(11-20(19)28-2)21(29-12-18(16)24)22(25)23-15-6-4-14(5-7-15)13-32(26)30-8-3-9-31-32/h4-7,10-11,21H,3,8-9,12-13H2,1-2H3,(H,23,25). The fraction of sp³-hybridized carbons (Fsp3) is 0.364. The number of ether oxygens (including phenoxy) is 3. The monoisotopic (exact) mass is 461 g/mol. The first kappa shape index (κ1) is 22.5. The molecule has 0 aromatic heterocycles. The summed E-state index contributed by atoms with van der Waals surface area (Å²) in [5.41, 5.74) is 2.08. The van der Waals surface area contributed by atoms with E-state index in [1.54, 1.807) is 36.4 Å². The van der Waals surface area contributed by atoms with Crippen molar-refractivity contribution in [1.82, 2.24) is 0 Å². The highest BCUT2D eigenvalue weighted by atomic mass is 31.2. The van der Waals surface area contributed by atoms with Crippen molar-refractivity contribution in [3.8, 4) is 11.5 Å². The molecular formula is C22H24NO8P. The first-order chi connectivity index (χ1) is 15.4. The summed E-state index contributed by atoms with van der Waals surface area (Å²) in [5, 5.41) is 2.79. The number of nitrogens with one attached hydrogen (secondary N) is 1. The van der Waals surface area contributed by atoms with E-state index in [1.807, 2.05) is 0 Å². The summed E-state index contributed by atoms with van der Waals surface area (Å²) < 4.78 is 39.3. The third-order valence-electron chi connectivity index (χ3n) is 5.22. The zero-order chi connectivity index (χ0) is 22.7. The Labute approximate surface area is 185 Å². The summed E-state index contributed by atoms with van der Waals surface area (Å²) in [4.78, 5) is 25.3. The summed E-state index contributed by atoms with van der Waals surface area (Å²) >= 11 is 0. The Hall–Kier alpha value is -2.71. The molecule has 1 unspecified atom stereocenters. The van der Waals surface area contributed by atoms with E-state index in [2.05, 4.69) is 5.32 Å². The molecule has 1 saturated heterocycles. The smallest absolute Gasteiger partial charge is 0.335 e. The first-order valence-corrected chi connectivity index (χ1v) is 11.8. The predicted octanol–water partition coefficient (Wildman–Crippen LogP) is 3.73. The highest BCUT2D eigenvalue weighted by Gasteiger charge is 2.33. The minimum absolute atomic E-state index is 0.171. The molecule has 10 heteroatoms. The highest BCUT2D eigenvalue weighted by Crippen LogP contribution is 2.53. The number of hydrogen-bond donors (Lipinski definition) is 1. The molecule has 9 nitrogen and oxygen atoms in total. The van der Waals surface area contributed by atoms with Gasteiger partial charge in [-0.25, -0.2) is 0 Å². The van der Waals surface area contributed by atoms with Crippen LogP contribution in [0.15, 0.2) is 36.4 Å². The van der Waals surface area contributed by atoms with Gasteiger partial charge in [0.2, 0.25) is 0 Å². The molecule has 1 amide bonds. The maximum atomic E-state index is 12.9. The van der Waals surface area contributed by atoms with Gasteiger partial charge in [-0.15, -0.1) is 0 Å². The van der Waals surface area contributed by atoms with E-state index in [4.69, 9.17) is 23.3 Å². The van der Waals surface area contributed by atoms with Crippen molar-refractivity contribution in [2.45, 2.75) is 18.7 Å². The molecule has 1 fully saturated rings. The molecular weight excluding hydrogens is 437 g/mol. The van der Waals surface area contributed by atoms with Gasteiger partial charge in [-0.2, -0.15) is 0 Å². The molecule has 1 N–H and O–H groups in total. The summed E-state index contributed by atoms with van der Waals surface area (Å²) in [6.45, 7) is 0.635. The lowest BCUT2D eigenvalue weighted by Crippen LogP contribution is -2.31. The number of amides is 1. The van der Waals surface area contributed by atoms with Crippen LogP contribution in [0.3, 0.4) is 0 Å². The van der Waals surface area contributed by atoms with Gasteiger partial charge < -0.3 is 28.6 Å². The van der Waals surface area contributed by atoms with Crippen molar-refractivity contribution in [3.63, 3.8) is 0 Å². The Kier molecular flexibility index (Phi) is 6.62. The molecule has 0 radical (unpaired) electrons. The molecule has 2 aromatic carbocycles. The zero-order valence-corrected chi connectivity index (χ0v) is 18.7. The lowest BCUT2D eigenvalue weighted by atomic mass is 9.95. The molecule has 2 heterocycles. The van der Waals surface area contributed by atoms with E-state index in [9.17, 15) is 14.2 Å². The van der Waals surface area contributed by atoms with Crippen molar-refractivity contribution >= 4 is 25.0 Å². The third kappa shape index (κ3) is 4.71. The summed E-state index contributed by atoms with van der Waals surface area (Å²) in [5.74, 6) is 0.136. The zero-order valence-electron chi connectivity index (χ0n) is 17.8. The Balaban J connectivity index is 1.49. The molecule has 4 rings (SSSR count). The van der Waals surface area contributed by atoms with Crippen molar-refractivity contribution in [1.29, 1.82) is 0 Å². The summed E-state index contributed by atoms with van der Waals surface area (Å²) in [6, 6.07) is 10.1. The molecule has 2 aliphatic rings. The third-order valence-corrected chi connectivity index (χ3v) is 7.12. The number of anilines is 1. The second-order valence-corrected chi connectivity index (χ2v) is 9.44. The van der Waals surface area contributed by atoms with Crippen LogP contribution in [0.5, 0.6) is 11.5 Å². The first-order valence-electron chi connectivity index (χ1n) is 10.1. The van der Waals surface area contributed by atoms with Crippen molar-refractivity contribution in [3.05, 3.63) is 53.1 Å². The number of fused-ring (bicyclic) bond motifs is 1. The van der Waals surface area contributed by atoms with Crippen LogP contribution in [0.25, 0.3) is 0 Å². The number of methoxy groups -OCH3 is 2. The maximum Gasteiger partial charge on any atom is 0.335 e. The van der Waals surface area contributed by atoms with Crippen LogP contribution in [-0.2, 0) is 29.3 Å². The van der Waals surface area contributed by atoms with Gasteiger partial charge >= 0.3 is 7.60 Å². The number of carbonyl (C=O) groups is 2. The average Bonchev–Trinajstić information content (AvgIpc) is 2.80. The minimum atomic E-state index is -3.12. The molecule has 0 bridgehead atoms. The molecule has 2 aliphatic heterocycles. The normalized spacial score (nSPS) is 19.7. The van der Waals surface area contributed by atoms with E-state index in [0.717, 1.165) is 12.0 Å². The molecule has 170 valence electrons. The fourth-order valence-electron chi connectivity index (χ4n) is 3.62. The highest BCUT2D eigenvalue weighted by molar-refractivity contribution is 7.53. The molecule has 1 atom stereocenters. The van der Waals surface area contributed by atoms with Crippen molar-refractivity contribution in [2.24, 2.45) is 0 Å². The van der Waals surface area contributed by atoms with Gasteiger partial charge in [0.25, 0.3) is 5.91 Å². The van der Waals surface area contributed by atoms with Crippen molar-refractivity contribution < 1.29 is 37.4 Å². The van der Waals surface area contributed by atoms with Crippen LogP contribution in [0.2, 0.25) is 0 Å². The lowest BCUT2D eigenvalue weighted by Gasteiger charge is -2.25. The number of rotatable bonds is 6. The SMILES string of the molecule is COc1cc2c(cc1OC)C(C(=O)Nc1ccc(CP3(=O)OCCCO3)cc1)OCC2=O. The van der Waals surface area contributed by atoms with Gasteiger partial charge in [0.1, 0.15) is 6.61 Å². The quantitative estimate of drug-likeness (QED) is 0.649. The predicted molar refractivity (Wildman–Crippen MR) is 115 cm³/mol. The molecule has 32 heavy (non-hydrogen) atoms. The van der Waals surface area contributed by atoms with E-state index < -0.39 is 19.6 Å². The molecule has 0 saturated carbocycles. The molecule has 0 aliphatic carbocycles. The Morgan fingerprint density at radius 2 is 1.75 bits per heavy atom. The second kappa shape index (κ2) is 9.42. The van der Waals surface area contributed by atoms with Crippen LogP contribution in [0.4, 0.5) is 5.69 Å². The Morgan fingerprint density at radius 3 is 2.41 bits per heavy atom. The van der Waals surface area contributed by atoms with Gasteiger partial charge in [0.05, 0.1) is 33.6 Å². The fourth-order valence-corrected chi connectivity index (χ4v) is 5.35. The largest absolute Gasteiger partial charge is 0.493 e. The van der Waals surface area contributed by atoms with Gasteiger partial charge in [-0.1, -0.05) is 12.1 Å². The summed E-state index contributed by atoms with van der Waals surface area (Å²) in [7, 11) is -0.165. The van der Waals surface area contributed by atoms with Crippen LogP contribution < -0.4 is 14.8 Å². The Morgan fingerprint density at radius 1 is 1.09 bits per heavy atom. The van der Waals surface area contributed by atoms with E-state index in [-0.39, 0.29) is 18.6 Å². The topological polar surface area (TPSA) is 109 Å². The average molecular weight is 461 g/mol. The van der Waals surface area contributed by atoms with E-state index in [1.165, 1.54) is 14.2 Å². The van der Waals surface area contributed by atoms with Gasteiger partial charge in [0.15, 0.2) is 23.4 Å². The van der Waals surface area contributed by atoms with Crippen LogP contribution in [-0.4, -0.2) is 45.7 Å². The summed E-state index contributed by atoms with van der Waals surface area (Å²) in [6.07, 6.45) is -0.0857. The minimum Gasteiger partial charge on any atom is -0.493 e. The maximum absolute atomic E-state index is 12.9. The Bertz CT molecular complexity index is 1060. The van der Waals surface area contributed by atoms with Crippen LogP contribution in [0.1, 0.15) is 34.0 Å². The number of Topliss-reactive ketones (excluding diaryl/α,β-unsaturated/α-hetero) is 1. The van der Waals surface area contributed by atoms with Gasteiger partial charge in [-0.3, -0.25) is 14.2 Å². The number of hydrogen-bond acceptors (Lipinski definition) is 8. The molecule has 0 spiro atoms. The van der Waals surface area contributed by atoms with Crippen LogP contribution >= 0.6 is 7.60 Å². The van der Waals surface area contributed by atoms with Crippen LogP contribution in [0, 0.1) is 0 Å². The lowest BCUT2D eigenvalue weighted by molar-refractivity contribution is -0.127. The van der Waals surface area contributed by atoms with Gasteiger partial charge in [-0.05, 0) is 36.2 Å². The second-order valence-electron chi connectivity index (χ2n) is 7.38. The number of benzene rings is 2. The molecule has 2 aromatic rings. The number of carbonyl (C=O) groups excluding carboxylic acids is 2. The number of ketones is 1.